The molecule has 5 heteroatoms. The second-order valence-electron chi connectivity index (χ2n) is 2.32. The summed E-state index contributed by atoms with van der Waals surface area (Å²) < 4.78 is 1.03. The zero-order chi connectivity index (χ0) is 9.26. The summed E-state index contributed by atoms with van der Waals surface area (Å²) in [5.41, 5.74) is 0.849. The van der Waals surface area contributed by atoms with Crippen LogP contribution in [0.2, 0.25) is 5.15 Å². The van der Waals surface area contributed by atoms with Gasteiger partial charge in [-0.3, -0.25) is 0 Å². The fourth-order valence-corrected chi connectivity index (χ4v) is 2.63. The molecule has 0 spiro atoms. The molecule has 0 amide bonds. The van der Waals surface area contributed by atoms with E-state index in [4.69, 9.17) is 11.6 Å². The van der Waals surface area contributed by atoms with Crippen molar-refractivity contribution in [2.24, 2.45) is 0 Å². The highest BCUT2D eigenvalue weighted by Crippen LogP contribution is 2.32. The number of nitrogens with zero attached hydrogens (tertiary/aromatic N) is 2. The summed E-state index contributed by atoms with van der Waals surface area (Å²) in [6.45, 7) is 0. The van der Waals surface area contributed by atoms with Gasteiger partial charge in [0, 0.05) is 10.5 Å². The quantitative estimate of drug-likeness (QED) is 0.743. The summed E-state index contributed by atoms with van der Waals surface area (Å²) in [6, 6.07) is 3.73. The summed E-state index contributed by atoms with van der Waals surface area (Å²) in [4.78, 5) is 9.02. The van der Waals surface area contributed by atoms with Crippen molar-refractivity contribution >= 4 is 38.9 Å². The number of rotatable bonds is 1. The summed E-state index contributed by atoms with van der Waals surface area (Å²) in [5, 5.41) is 2.46. The van der Waals surface area contributed by atoms with Crippen molar-refractivity contribution in [1.29, 1.82) is 0 Å². The Hall–Kier alpha value is -0.450. The third-order valence-electron chi connectivity index (χ3n) is 1.48. The van der Waals surface area contributed by atoms with Crippen molar-refractivity contribution in [2.75, 3.05) is 0 Å². The predicted octanol–water partition coefficient (Wildman–Crippen LogP) is 3.62. The molecule has 13 heavy (non-hydrogen) atoms. The molecule has 0 unspecified atom stereocenters. The van der Waals surface area contributed by atoms with Crippen LogP contribution >= 0.6 is 38.9 Å². The van der Waals surface area contributed by atoms with Gasteiger partial charge in [-0.25, -0.2) is 9.97 Å². The molecule has 0 saturated heterocycles. The van der Waals surface area contributed by atoms with E-state index in [1.807, 2.05) is 11.4 Å². The van der Waals surface area contributed by atoms with Crippen molar-refractivity contribution in [3.05, 3.63) is 33.5 Å². The van der Waals surface area contributed by atoms with E-state index in [9.17, 15) is 0 Å². The van der Waals surface area contributed by atoms with E-state index in [2.05, 4.69) is 25.9 Å². The molecule has 0 fully saturated rings. The topological polar surface area (TPSA) is 25.8 Å². The van der Waals surface area contributed by atoms with Gasteiger partial charge in [-0.15, -0.1) is 11.3 Å². The highest BCUT2D eigenvalue weighted by molar-refractivity contribution is 9.10. The second kappa shape index (κ2) is 3.74. The van der Waals surface area contributed by atoms with E-state index in [1.54, 1.807) is 17.4 Å². The Kier molecular flexibility index (Phi) is 2.62. The largest absolute Gasteiger partial charge is 0.235 e. The minimum absolute atomic E-state index is 0.463. The molecule has 0 aromatic carbocycles. The first-order valence-electron chi connectivity index (χ1n) is 3.48. The van der Waals surface area contributed by atoms with Crippen molar-refractivity contribution in [2.45, 2.75) is 0 Å². The van der Waals surface area contributed by atoms with E-state index in [-0.39, 0.29) is 0 Å². The lowest BCUT2D eigenvalue weighted by Gasteiger charge is -1.96. The van der Waals surface area contributed by atoms with Crippen molar-refractivity contribution in [3.8, 4) is 10.6 Å². The van der Waals surface area contributed by atoms with Crippen LogP contribution in [0.4, 0.5) is 0 Å². The molecule has 66 valence electrons. The molecular formula is C8H4BrClN2S. The first-order valence-corrected chi connectivity index (χ1v) is 5.53. The highest BCUT2D eigenvalue weighted by Gasteiger charge is 2.06. The lowest BCUT2D eigenvalue weighted by Crippen LogP contribution is -1.82. The standard InChI is InChI=1S/C8H4BrClN2S/c9-5-1-2-13-8(5)6-3-7(10)12-4-11-6/h1-4H. The van der Waals surface area contributed by atoms with Gasteiger partial charge in [0.05, 0.1) is 10.6 Å². The molecule has 0 radical (unpaired) electrons. The van der Waals surface area contributed by atoms with E-state index in [1.165, 1.54) is 6.33 Å². The first-order chi connectivity index (χ1) is 6.27. The van der Waals surface area contributed by atoms with Crippen LogP contribution in [0.1, 0.15) is 0 Å². The number of aromatic nitrogens is 2. The fourth-order valence-electron chi connectivity index (χ4n) is 0.934. The zero-order valence-electron chi connectivity index (χ0n) is 6.37. The van der Waals surface area contributed by atoms with Crippen LogP contribution in [0.5, 0.6) is 0 Å². The number of hydrogen-bond acceptors (Lipinski definition) is 3. The predicted molar refractivity (Wildman–Crippen MR) is 58.1 cm³/mol. The molecule has 0 aliphatic carbocycles. The van der Waals surface area contributed by atoms with Crippen LogP contribution in [0, 0.1) is 0 Å². The Morgan fingerprint density at radius 2 is 2.23 bits per heavy atom. The molecular weight excluding hydrogens is 272 g/mol. The van der Waals surface area contributed by atoms with E-state index in [0.717, 1.165) is 15.0 Å². The summed E-state index contributed by atoms with van der Waals surface area (Å²) in [6.07, 6.45) is 1.46. The van der Waals surface area contributed by atoms with Gasteiger partial charge in [-0.05, 0) is 27.4 Å². The summed E-state index contributed by atoms with van der Waals surface area (Å²) in [7, 11) is 0. The normalized spacial score (nSPS) is 10.3. The Morgan fingerprint density at radius 1 is 1.38 bits per heavy atom. The van der Waals surface area contributed by atoms with Gasteiger partial charge in [0.25, 0.3) is 0 Å². The number of thiophene rings is 1. The Bertz CT molecular complexity index is 430. The zero-order valence-corrected chi connectivity index (χ0v) is 9.53. The minimum atomic E-state index is 0.463. The molecule has 2 aromatic rings. The maximum Gasteiger partial charge on any atom is 0.133 e. The van der Waals surface area contributed by atoms with E-state index < -0.39 is 0 Å². The Labute approximate surface area is 92.7 Å². The molecule has 0 aliphatic heterocycles. The Morgan fingerprint density at radius 3 is 2.85 bits per heavy atom. The first kappa shape index (κ1) is 9.12. The van der Waals surface area contributed by atoms with Crippen molar-refractivity contribution in [3.63, 3.8) is 0 Å². The highest BCUT2D eigenvalue weighted by atomic mass is 79.9. The molecule has 2 heterocycles. The number of halogens is 2. The molecule has 0 aliphatic rings. The van der Waals surface area contributed by atoms with Crippen LogP contribution < -0.4 is 0 Å². The minimum Gasteiger partial charge on any atom is -0.235 e. The van der Waals surface area contributed by atoms with Crippen LogP contribution in [0.25, 0.3) is 10.6 Å². The molecule has 2 aromatic heterocycles. The third-order valence-corrected chi connectivity index (χ3v) is 3.55. The third kappa shape index (κ3) is 1.90. The fraction of sp³-hybridized carbons (Fsp3) is 0. The lowest BCUT2D eigenvalue weighted by molar-refractivity contribution is 1.18. The van der Waals surface area contributed by atoms with Crippen LogP contribution in [-0.4, -0.2) is 9.97 Å². The average molecular weight is 276 g/mol. The van der Waals surface area contributed by atoms with Gasteiger partial charge < -0.3 is 0 Å². The van der Waals surface area contributed by atoms with Crippen LogP contribution in [-0.2, 0) is 0 Å². The molecule has 0 saturated carbocycles. The molecule has 0 atom stereocenters. The monoisotopic (exact) mass is 274 g/mol. The maximum absolute atomic E-state index is 5.75. The SMILES string of the molecule is Clc1cc(-c2sccc2Br)ncn1. The lowest BCUT2D eigenvalue weighted by atomic mass is 10.3. The van der Waals surface area contributed by atoms with Crippen molar-refractivity contribution in [1.82, 2.24) is 9.97 Å². The van der Waals surface area contributed by atoms with E-state index >= 15 is 0 Å². The average Bonchev–Trinajstić information content (AvgIpc) is 2.51. The summed E-state index contributed by atoms with van der Waals surface area (Å²) in [5.74, 6) is 0. The van der Waals surface area contributed by atoms with Gasteiger partial charge in [0.1, 0.15) is 11.5 Å². The van der Waals surface area contributed by atoms with Gasteiger partial charge in [-0.1, -0.05) is 11.6 Å². The van der Waals surface area contributed by atoms with Crippen LogP contribution in [0.15, 0.2) is 28.3 Å². The smallest absolute Gasteiger partial charge is 0.133 e. The maximum atomic E-state index is 5.75. The van der Waals surface area contributed by atoms with Crippen LogP contribution in [0.3, 0.4) is 0 Å². The molecule has 0 N–H and O–H groups in total. The van der Waals surface area contributed by atoms with Crippen molar-refractivity contribution < 1.29 is 0 Å². The number of hydrogen-bond donors (Lipinski definition) is 0. The van der Waals surface area contributed by atoms with E-state index in [0.29, 0.717) is 5.15 Å². The molecule has 2 rings (SSSR count). The molecule has 0 bridgehead atoms. The summed E-state index contributed by atoms with van der Waals surface area (Å²) >= 11 is 10.8. The van der Waals surface area contributed by atoms with Gasteiger partial charge >= 0.3 is 0 Å². The second-order valence-corrected chi connectivity index (χ2v) is 4.48. The van der Waals surface area contributed by atoms with Gasteiger partial charge in [0.2, 0.25) is 0 Å². The van der Waals surface area contributed by atoms with Gasteiger partial charge in [0.15, 0.2) is 0 Å². The Balaban J connectivity index is 2.53. The van der Waals surface area contributed by atoms with Gasteiger partial charge in [-0.2, -0.15) is 0 Å². The molecule has 2 nitrogen and oxygen atoms in total.